The molecule has 6 heteroatoms. The number of carbonyl (C=O) groups is 2. The van der Waals surface area contributed by atoms with E-state index in [0.717, 1.165) is 68.6 Å². The molecule has 3 aromatic rings. The van der Waals surface area contributed by atoms with Gasteiger partial charge in [-0.2, -0.15) is 0 Å². The Bertz CT molecular complexity index is 1290. The van der Waals surface area contributed by atoms with Crippen molar-refractivity contribution in [1.29, 1.82) is 0 Å². The summed E-state index contributed by atoms with van der Waals surface area (Å²) in [6.07, 6.45) is 2.82. The van der Waals surface area contributed by atoms with Gasteiger partial charge in [-0.05, 0) is 73.7 Å². The number of carbonyl (C=O) groups excluding carboxylic acids is 2. The number of piperidine rings is 1. The third kappa shape index (κ3) is 5.55. The van der Waals surface area contributed by atoms with Gasteiger partial charge in [-0.1, -0.05) is 76.6 Å². The summed E-state index contributed by atoms with van der Waals surface area (Å²) in [5.41, 5.74) is 3.06. The molecule has 0 aliphatic carbocycles. The van der Waals surface area contributed by atoms with E-state index in [1.807, 2.05) is 47.4 Å². The minimum Gasteiger partial charge on any atom is -0.338 e. The maximum atomic E-state index is 13.5. The molecular weight excluding hydrogens is 550 g/mol. The van der Waals surface area contributed by atoms with Crippen molar-refractivity contribution in [2.45, 2.75) is 31.7 Å². The van der Waals surface area contributed by atoms with Crippen LogP contribution < -0.4 is 0 Å². The number of hydrogen-bond acceptors (Lipinski definition) is 3. The molecule has 1 spiro atoms. The number of rotatable bonds is 6. The molecule has 3 aromatic carbocycles. The van der Waals surface area contributed by atoms with Crippen LogP contribution in [-0.4, -0.2) is 65.8 Å². The Morgan fingerprint density at radius 3 is 2.15 bits per heavy atom. The highest BCUT2D eigenvalue weighted by molar-refractivity contribution is 9.10. The number of halogens is 1. The third-order valence-corrected chi connectivity index (χ3v) is 9.70. The summed E-state index contributed by atoms with van der Waals surface area (Å²) in [6, 6.07) is 28.6. The molecule has 2 atom stereocenters. The van der Waals surface area contributed by atoms with Crippen molar-refractivity contribution >= 4 is 27.7 Å². The first-order valence-corrected chi connectivity index (χ1v) is 15.0. The quantitative estimate of drug-likeness (QED) is 0.366. The average molecular weight is 587 g/mol. The third-order valence-electron chi connectivity index (χ3n) is 9.17. The molecule has 0 saturated carbocycles. The normalized spacial score (nSPS) is 23.1. The van der Waals surface area contributed by atoms with E-state index in [0.29, 0.717) is 24.3 Å². The predicted octanol–water partition coefficient (Wildman–Crippen LogP) is 5.82. The van der Waals surface area contributed by atoms with E-state index >= 15 is 0 Å². The smallest absolute Gasteiger partial charge is 0.253 e. The van der Waals surface area contributed by atoms with E-state index in [1.54, 1.807) is 0 Å². The van der Waals surface area contributed by atoms with Gasteiger partial charge in [0.15, 0.2) is 0 Å². The lowest BCUT2D eigenvalue weighted by Crippen LogP contribution is -2.46. The summed E-state index contributed by atoms with van der Waals surface area (Å²) < 4.78 is 1.06. The number of nitrogens with zero attached hydrogens (tertiary/aromatic N) is 3. The van der Waals surface area contributed by atoms with Gasteiger partial charge in [-0.25, -0.2) is 0 Å². The van der Waals surface area contributed by atoms with Gasteiger partial charge in [0.1, 0.15) is 0 Å². The molecule has 3 heterocycles. The number of likely N-dealkylation sites (tertiary alicyclic amines) is 3. The number of amides is 2. The van der Waals surface area contributed by atoms with Crippen LogP contribution in [0.5, 0.6) is 0 Å². The fourth-order valence-corrected chi connectivity index (χ4v) is 7.14. The van der Waals surface area contributed by atoms with E-state index in [1.165, 1.54) is 11.1 Å². The summed E-state index contributed by atoms with van der Waals surface area (Å²) in [6.45, 7) is 5.93. The topological polar surface area (TPSA) is 43.9 Å². The van der Waals surface area contributed by atoms with Crippen LogP contribution in [0.1, 0.15) is 46.7 Å². The minimum absolute atomic E-state index is 0.124. The second-order valence-electron chi connectivity index (χ2n) is 11.5. The standard InChI is InChI=1S/C33H36BrN3O2/c34-29-13-11-25(12-14-29)21-36-20-17-33(32(36)39)15-18-35(19-16-33)22-28-23-37(31(38)27-9-5-2-6-10-27)24-30(28)26-7-3-1-4-8-26/h1-14,28,30H,15-24H2/t28-,30+/m0/s1. The number of benzene rings is 3. The molecule has 0 radical (unpaired) electrons. The SMILES string of the molecule is O=C(c1ccccc1)N1C[C@H](CN2CCC3(CC2)CCN(Cc2ccc(Br)cc2)C3=O)[C@@H](c2ccccc2)C1. The molecule has 202 valence electrons. The zero-order valence-electron chi connectivity index (χ0n) is 22.3. The van der Waals surface area contributed by atoms with Gasteiger partial charge < -0.3 is 14.7 Å². The summed E-state index contributed by atoms with van der Waals surface area (Å²) in [4.78, 5) is 33.5. The van der Waals surface area contributed by atoms with Crippen LogP contribution >= 0.6 is 15.9 Å². The molecule has 0 N–H and O–H groups in total. The molecule has 3 fully saturated rings. The molecule has 3 aliphatic rings. The van der Waals surface area contributed by atoms with Crippen molar-refractivity contribution in [3.63, 3.8) is 0 Å². The van der Waals surface area contributed by atoms with Crippen molar-refractivity contribution in [2.24, 2.45) is 11.3 Å². The molecule has 3 saturated heterocycles. The maximum absolute atomic E-state index is 13.5. The number of hydrogen-bond donors (Lipinski definition) is 0. The van der Waals surface area contributed by atoms with Crippen LogP contribution in [0, 0.1) is 11.3 Å². The lowest BCUT2D eigenvalue weighted by atomic mass is 9.76. The molecule has 3 aliphatic heterocycles. The Balaban J connectivity index is 1.10. The molecule has 5 nitrogen and oxygen atoms in total. The molecule has 0 aromatic heterocycles. The Morgan fingerprint density at radius 1 is 0.821 bits per heavy atom. The lowest BCUT2D eigenvalue weighted by Gasteiger charge is -2.39. The van der Waals surface area contributed by atoms with Crippen LogP contribution in [0.3, 0.4) is 0 Å². The Labute approximate surface area is 239 Å². The van der Waals surface area contributed by atoms with Crippen LogP contribution in [0.4, 0.5) is 0 Å². The van der Waals surface area contributed by atoms with Gasteiger partial charge in [0.05, 0.1) is 5.41 Å². The predicted molar refractivity (Wildman–Crippen MR) is 157 cm³/mol. The average Bonchev–Trinajstić information content (AvgIpc) is 3.53. The summed E-state index contributed by atoms with van der Waals surface area (Å²) in [7, 11) is 0. The van der Waals surface area contributed by atoms with Crippen molar-refractivity contribution in [1.82, 2.24) is 14.7 Å². The Morgan fingerprint density at radius 2 is 1.46 bits per heavy atom. The maximum Gasteiger partial charge on any atom is 0.253 e. The highest BCUT2D eigenvalue weighted by Gasteiger charge is 2.48. The summed E-state index contributed by atoms with van der Waals surface area (Å²) in [5.74, 6) is 1.17. The van der Waals surface area contributed by atoms with Gasteiger partial charge in [-0.3, -0.25) is 9.59 Å². The summed E-state index contributed by atoms with van der Waals surface area (Å²) >= 11 is 3.50. The molecule has 2 amide bonds. The molecule has 6 rings (SSSR count). The van der Waals surface area contributed by atoms with Crippen LogP contribution in [0.25, 0.3) is 0 Å². The van der Waals surface area contributed by atoms with Crippen molar-refractivity contribution in [3.8, 4) is 0 Å². The van der Waals surface area contributed by atoms with Crippen LogP contribution in [0.15, 0.2) is 89.4 Å². The minimum atomic E-state index is -0.199. The Kier molecular flexibility index (Phi) is 7.59. The zero-order chi connectivity index (χ0) is 26.8. The molecular formula is C33H36BrN3O2. The van der Waals surface area contributed by atoms with Crippen molar-refractivity contribution < 1.29 is 9.59 Å². The van der Waals surface area contributed by atoms with Crippen LogP contribution in [0.2, 0.25) is 0 Å². The zero-order valence-corrected chi connectivity index (χ0v) is 23.9. The van der Waals surface area contributed by atoms with Crippen LogP contribution in [-0.2, 0) is 11.3 Å². The van der Waals surface area contributed by atoms with Gasteiger partial charge in [0, 0.05) is 48.7 Å². The highest BCUT2D eigenvalue weighted by atomic mass is 79.9. The fourth-order valence-electron chi connectivity index (χ4n) is 6.88. The van der Waals surface area contributed by atoms with Crippen molar-refractivity contribution in [3.05, 3.63) is 106 Å². The molecule has 0 unspecified atom stereocenters. The second-order valence-corrected chi connectivity index (χ2v) is 12.5. The van der Waals surface area contributed by atoms with Crippen molar-refractivity contribution in [2.75, 3.05) is 39.3 Å². The highest BCUT2D eigenvalue weighted by Crippen LogP contribution is 2.43. The summed E-state index contributed by atoms with van der Waals surface area (Å²) in [5, 5.41) is 0. The monoisotopic (exact) mass is 585 g/mol. The van der Waals surface area contributed by atoms with E-state index in [4.69, 9.17) is 0 Å². The molecule has 0 bridgehead atoms. The first-order valence-electron chi connectivity index (χ1n) is 14.2. The van der Waals surface area contributed by atoms with E-state index in [9.17, 15) is 9.59 Å². The molecule has 39 heavy (non-hydrogen) atoms. The second kappa shape index (κ2) is 11.3. The van der Waals surface area contributed by atoms with E-state index < -0.39 is 0 Å². The van der Waals surface area contributed by atoms with Gasteiger partial charge in [0.2, 0.25) is 5.91 Å². The Hall–Kier alpha value is -2.96. The largest absolute Gasteiger partial charge is 0.338 e. The fraction of sp³-hybridized carbons (Fsp3) is 0.394. The van der Waals surface area contributed by atoms with Gasteiger partial charge in [0.25, 0.3) is 5.91 Å². The first kappa shape index (κ1) is 26.3. The lowest BCUT2D eigenvalue weighted by molar-refractivity contribution is -0.139. The first-order chi connectivity index (χ1) is 19.0. The van der Waals surface area contributed by atoms with Gasteiger partial charge in [-0.15, -0.1) is 0 Å². The van der Waals surface area contributed by atoms with E-state index in [-0.39, 0.29) is 11.3 Å². The van der Waals surface area contributed by atoms with Gasteiger partial charge >= 0.3 is 0 Å². The van der Waals surface area contributed by atoms with E-state index in [2.05, 4.69) is 68.2 Å².